The van der Waals surface area contributed by atoms with Gasteiger partial charge in [0.2, 0.25) is 23.6 Å². The molecule has 6 rings (SSSR count). The monoisotopic (exact) mass is 868 g/mol. The SMILES string of the molecule is CN[C@H](C)C(=O)N[C@H](CC(C)C)C(=O)N1CC(F)C[C@H]1Cn1c(-c2nc3cc(F)ccc3n2C[C@@H]2CC(F)CN2C(=O)[C@@H](CC(C)C)NC(=O)[C@@H](C)NC)nc2cc(F)ccc21. The number of nitrogens with zero attached hydrogens (tertiary/aromatic N) is 6. The van der Waals surface area contributed by atoms with E-state index in [1.165, 1.54) is 46.2 Å². The van der Waals surface area contributed by atoms with Crippen molar-refractivity contribution in [3.8, 4) is 11.6 Å². The molecule has 0 bridgehead atoms. The first kappa shape index (κ1) is 46.4. The van der Waals surface area contributed by atoms with Crippen molar-refractivity contribution in [1.82, 2.24) is 50.2 Å². The zero-order chi connectivity index (χ0) is 45.2. The molecule has 2 aliphatic rings. The van der Waals surface area contributed by atoms with Crippen molar-refractivity contribution < 1.29 is 36.7 Å². The number of carbonyl (C=O) groups is 4. The number of imidazole rings is 2. The van der Waals surface area contributed by atoms with E-state index in [0.29, 0.717) is 23.9 Å². The predicted octanol–water partition coefficient (Wildman–Crippen LogP) is 4.49. The number of aromatic nitrogens is 4. The minimum Gasteiger partial charge on any atom is -0.343 e. The van der Waals surface area contributed by atoms with Crippen LogP contribution >= 0.6 is 0 Å². The lowest BCUT2D eigenvalue weighted by molar-refractivity contribution is -0.138. The number of nitrogens with one attached hydrogen (secondary N) is 4. The molecular formula is C44H60F4N10O4. The lowest BCUT2D eigenvalue weighted by atomic mass is 10.0. The minimum atomic E-state index is -1.37. The number of hydrogen-bond acceptors (Lipinski definition) is 8. The first-order valence-electron chi connectivity index (χ1n) is 21.5. The first-order chi connectivity index (χ1) is 29.4. The molecule has 62 heavy (non-hydrogen) atoms. The van der Waals surface area contributed by atoms with Gasteiger partial charge in [-0.1, -0.05) is 27.7 Å². The van der Waals surface area contributed by atoms with Gasteiger partial charge in [0.15, 0.2) is 11.6 Å². The number of alkyl halides is 2. The Kier molecular flexibility index (Phi) is 14.6. The molecule has 2 aromatic heterocycles. The molecule has 2 aromatic carbocycles. The number of amides is 4. The highest BCUT2D eigenvalue weighted by Crippen LogP contribution is 2.34. The van der Waals surface area contributed by atoms with Crippen molar-refractivity contribution in [2.24, 2.45) is 11.8 Å². The number of carbonyl (C=O) groups excluding carboxylic acids is 4. The average Bonchev–Trinajstić information content (AvgIpc) is 3.97. The van der Waals surface area contributed by atoms with Crippen LogP contribution in [0.15, 0.2) is 36.4 Å². The fraction of sp³-hybridized carbons (Fsp3) is 0.591. The average molecular weight is 869 g/mol. The summed E-state index contributed by atoms with van der Waals surface area (Å²) in [5, 5.41) is 11.5. The molecule has 4 aromatic rings. The molecule has 0 saturated carbocycles. The third-order valence-corrected chi connectivity index (χ3v) is 12.0. The summed E-state index contributed by atoms with van der Waals surface area (Å²) >= 11 is 0. The molecule has 2 saturated heterocycles. The Morgan fingerprint density at radius 2 is 1.02 bits per heavy atom. The van der Waals surface area contributed by atoms with Gasteiger partial charge in [-0.3, -0.25) is 19.2 Å². The second-order valence-corrected chi connectivity index (χ2v) is 17.7. The van der Waals surface area contributed by atoms with Crippen LogP contribution in [0.3, 0.4) is 0 Å². The van der Waals surface area contributed by atoms with Gasteiger partial charge in [0, 0.05) is 38.1 Å². The summed E-state index contributed by atoms with van der Waals surface area (Å²) in [5.41, 5.74) is 1.40. The summed E-state index contributed by atoms with van der Waals surface area (Å²) in [6, 6.07) is 3.65. The molecule has 14 nitrogen and oxygen atoms in total. The van der Waals surface area contributed by atoms with Crippen molar-refractivity contribution in [2.75, 3.05) is 27.2 Å². The number of halogens is 4. The first-order valence-corrected chi connectivity index (χ1v) is 21.5. The van der Waals surface area contributed by atoms with E-state index >= 15 is 8.78 Å². The molecule has 4 N–H and O–H groups in total. The fourth-order valence-corrected chi connectivity index (χ4v) is 8.59. The van der Waals surface area contributed by atoms with Crippen LogP contribution in [-0.2, 0) is 32.3 Å². The minimum absolute atomic E-state index is 0.00132. The highest BCUT2D eigenvalue weighted by molar-refractivity contribution is 5.91. The standard InChI is InChI=1S/C44H60F4N10O4/c1-23(2)13-35(53-41(59)25(5)49-7)43(61)55-19-29(47)15-31(55)21-57-37-11-9-27(45)17-33(37)51-39(57)40-52-34-18-28(46)10-12-38(34)58(40)22-32-16-30(48)20-56(32)44(62)36(14-24(3)4)54-42(60)26(6)50-8/h9-12,17-18,23-26,29-32,35-36,49-50H,13-16,19-22H2,1-8H3,(H,53,59)(H,54,60)/t25-,26-,29?,30?,31+,32+,35-,36-/m1/s1. The fourth-order valence-electron chi connectivity index (χ4n) is 8.59. The lowest BCUT2D eigenvalue weighted by Crippen LogP contribution is -2.54. The maximum Gasteiger partial charge on any atom is 0.245 e. The molecular weight excluding hydrogens is 809 g/mol. The van der Waals surface area contributed by atoms with Crippen molar-refractivity contribution in [3.63, 3.8) is 0 Å². The number of likely N-dealkylation sites (N-methyl/N-ethyl adjacent to an activating group) is 2. The quantitative estimate of drug-likeness (QED) is 0.113. The molecule has 2 fully saturated rings. The van der Waals surface area contributed by atoms with E-state index in [-0.39, 0.29) is 85.4 Å². The Balaban J connectivity index is 1.41. The van der Waals surface area contributed by atoms with Gasteiger partial charge in [0.05, 0.1) is 59.3 Å². The maximum absolute atomic E-state index is 15.5. The summed E-state index contributed by atoms with van der Waals surface area (Å²) in [6.45, 7) is 10.6. The van der Waals surface area contributed by atoms with Crippen LogP contribution in [0.5, 0.6) is 0 Å². The van der Waals surface area contributed by atoms with E-state index in [1.807, 2.05) is 27.7 Å². The molecule has 338 valence electrons. The molecule has 18 heteroatoms. The van der Waals surface area contributed by atoms with Crippen LogP contribution in [-0.4, -0.2) is 128 Å². The molecule has 8 atom stereocenters. The highest BCUT2D eigenvalue weighted by atomic mass is 19.1. The van der Waals surface area contributed by atoms with Crippen LogP contribution in [0.25, 0.3) is 33.7 Å². The van der Waals surface area contributed by atoms with E-state index in [2.05, 4.69) is 21.3 Å². The third kappa shape index (κ3) is 10.2. The predicted molar refractivity (Wildman–Crippen MR) is 228 cm³/mol. The highest BCUT2D eigenvalue weighted by Gasteiger charge is 2.42. The van der Waals surface area contributed by atoms with Gasteiger partial charge in [0.1, 0.15) is 36.1 Å². The molecule has 4 heterocycles. The van der Waals surface area contributed by atoms with Gasteiger partial charge in [-0.05, 0) is 76.9 Å². The van der Waals surface area contributed by atoms with Gasteiger partial charge in [0.25, 0.3) is 0 Å². The van der Waals surface area contributed by atoms with Gasteiger partial charge >= 0.3 is 0 Å². The maximum atomic E-state index is 15.5. The van der Waals surface area contributed by atoms with Crippen LogP contribution < -0.4 is 21.3 Å². The van der Waals surface area contributed by atoms with E-state index in [1.54, 1.807) is 37.1 Å². The second-order valence-electron chi connectivity index (χ2n) is 17.7. The topological polar surface area (TPSA) is 159 Å². The molecule has 0 radical (unpaired) electrons. The second kappa shape index (κ2) is 19.5. The summed E-state index contributed by atoms with van der Waals surface area (Å²) < 4.78 is 64.2. The number of benzene rings is 2. The molecule has 0 spiro atoms. The Hall–Kier alpha value is -5.10. The normalized spacial score (nSPS) is 21.3. The van der Waals surface area contributed by atoms with Crippen molar-refractivity contribution in [1.29, 1.82) is 0 Å². The van der Waals surface area contributed by atoms with Crippen LogP contribution in [0.2, 0.25) is 0 Å². The zero-order valence-corrected chi connectivity index (χ0v) is 36.7. The van der Waals surface area contributed by atoms with Gasteiger partial charge < -0.3 is 40.2 Å². The number of likely N-dealkylation sites (tertiary alicyclic amines) is 2. The van der Waals surface area contributed by atoms with Gasteiger partial charge in [-0.25, -0.2) is 27.5 Å². The Labute approximate surface area is 359 Å². The van der Waals surface area contributed by atoms with Crippen molar-refractivity contribution in [3.05, 3.63) is 48.0 Å². The van der Waals surface area contributed by atoms with Crippen LogP contribution in [0.1, 0.15) is 67.2 Å². The zero-order valence-electron chi connectivity index (χ0n) is 36.7. The summed E-state index contributed by atoms with van der Waals surface area (Å²) in [4.78, 5) is 67.2. The van der Waals surface area contributed by atoms with E-state index in [4.69, 9.17) is 9.97 Å². The summed E-state index contributed by atoms with van der Waals surface area (Å²) in [6.07, 6.45) is -2.16. The van der Waals surface area contributed by atoms with Crippen LogP contribution in [0.4, 0.5) is 17.6 Å². The molecule has 4 amide bonds. The largest absolute Gasteiger partial charge is 0.343 e. The lowest BCUT2D eigenvalue weighted by Gasteiger charge is -2.31. The van der Waals surface area contributed by atoms with E-state index in [0.717, 1.165) is 0 Å². The number of fused-ring (bicyclic) bond motifs is 2. The Morgan fingerprint density at radius 1 is 0.645 bits per heavy atom. The van der Waals surface area contributed by atoms with E-state index < -0.39 is 72.0 Å². The number of rotatable bonds is 17. The molecule has 2 aliphatic heterocycles. The van der Waals surface area contributed by atoms with Gasteiger partial charge in [-0.15, -0.1) is 0 Å². The van der Waals surface area contributed by atoms with E-state index in [9.17, 15) is 28.0 Å². The number of hydrogen-bond donors (Lipinski definition) is 4. The van der Waals surface area contributed by atoms with Crippen molar-refractivity contribution in [2.45, 2.75) is 129 Å². The molecule has 2 unspecified atom stereocenters. The smallest absolute Gasteiger partial charge is 0.245 e. The van der Waals surface area contributed by atoms with Crippen LogP contribution in [0, 0.1) is 23.5 Å². The summed E-state index contributed by atoms with van der Waals surface area (Å²) in [5.74, 6) is -2.28. The summed E-state index contributed by atoms with van der Waals surface area (Å²) in [7, 11) is 3.27. The Morgan fingerprint density at radius 3 is 1.35 bits per heavy atom. The van der Waals surface area contributed by atoms with Gasteiger partial charge in [-0.2, -0.15) is 0 Å². The van der Waals surface area contributed by atoms with Crippen molar-refractivity contribution >= 4 is 45.7 Å². The molecule has 0 aliphatic carbocycles. The Bertz CT molecular complexity index is 2110. The third-order valence-electron chi connectivity index (χ3n) is 12.0.